The number of aromatic nitrogens is 2. The van der Waals surface area contributed by atoms with Crippen LogP contribution in [-0.2, 0) is 4.79 Å². The first-order valence-electron chi connectivity index (χ1n) is 12.1. The van der Waals surface area contributed by atoms with Gasteiger partial charge in [-0.25, -0.2) is 4.98 Å². The van der Waals surface area contributed by atoms with Gasteiger partial charge in [-0.05, 0) is 67.5 Å². The molecule has 2 aliphatic carbocycles. The Bertz CT molecular complexity index is 1410. The van der Waals surface area contributed by atoms with Gasteiger partial charge < -0.3 is 5.32 Å². The van der Waals surface area contributed by atoms with Gasteiger partial charge in [-0.15, -0.1) is 22.7 Å². The lowest BCUT2D eigenvalue weighted by Gasteiger charge is -2.28. The Labute approximate surface area is 216 Å². The quantitative estimate of drug-likeness (QED) is 0.232. The number of nitrogens with zero attached hydrogens (tertiary/aromatic N) is 2. The summed E-state index contributed by atoms with van der Waals surface area (Å²) in [6.07, 6.45) is 5.25. The third-order valence-corrected chi connectivity index (χ3v) is 10.2. The van der Waals surface area contributed by atoms with Gasteiger partial charge in [0.05, 0.1) is 16.8 Å². The zero-order valence-electron chi connectivity index (χ0n) is 19.5. The van der Waals surface area contributed by atoms with Crippen LogP contribution in [0.5, 0.6) is 0 Å². The largest absolute Gasteiger partial charge is 0.353 e. The Morgan fingerprint density at radius 3 is 2.74 bits per heavy atom. The van der Waals surface area contributed by atoms with E-state index in [4.69, 9.17) is 4.98 Å². The van der Waals surface area contributed by atoms with Crippen LogP contribution in [0.3, 0.4) is 0 Å². The topological polar surface area (TPSA) is 64.0 Å². The smallest absolute Gasteiger partial charge is 0.268 e. The molecule has 0 aliphatic heterocycles. The van der Waals surface area contributed by atoms with Gasteiger partial charge in [-0.3, -0.25) is 14.2 Å². The molecule has 4 unspecified atom stereocenters. The highest BCUT2D eigenvalue weighted by Gasteiger charge is 2.42. The molecule has 2 bridgehead atoms. The first-order valence-corrected chi connectivity index (χ1v) is 14.9. The third-order valence-electron chi connectivity index (χ3n) is 7.53. The Hall–Kier alpha value is -2.42. The molecular weight excluding hydrogens is 495 g/mol. The van der Waals surface area contributed by atoms with E-state index in [0.717, 1.165) is 28.0 Å². The second-order valence-electron chi connectivity index (χ2n) is 9.66. The van der Waals surface area contributed by atoms with E-state index >= 15 is 0 Å². The predicted molar refractivity (Wildman–Crippen MR) is 146 cm³/mol. The monoisotopic (exact) mass is 521 g/mol. The molecule has 2 saturated carbocycles. The first kappa shape index (κ1) is 23.0. The summed E-state index contributed by atoms with van der Waals surface area (Å²) < 4.78 is 1.66. The van der Waals surface area contributed by atoms with Crippen LogP contribution in [0.4, 0.5) is 0 Å². The highest BCUT2D eigenvalue weighted by atomic mass is 32.2. The van der Waals surface area contributed by atoms with Crippen LogP contribution in [0.15, 0.2) is 63.2 Å². The fourth-order valence-corrected chi connectivity index (χ4v) is 8.55. The van der Waals surface area contributed by atoms with Crippen LogP contribution in [0.25, 0.3) is 26.3 Å². The molecule has 180 valence electrons. The highest BCUT2D eigenvalue weighted by Crippen LogP contribution is 2.49. The lowest BCUT2D eigenvalue weighted by atomic mass is 9.84. The maximum absolute atomic E-state index is 13.8. The van der Waals surface area contributed by atoms with E-state index in [1.54, 1.807) is 15.9 Å². The van der Waals surface area contributed by atoms with Gasteiger partial charge >= 0.3 is 0 Å². The van der Waals surface area contributed by atoms with Gasteiger partial charge in [-0.2, -0.15) is 0 Å². The molecule has 3 aromatic heterocycles. The van der Waals surface area contributed by atoms with Crippen molar-refractivity contribution in [1.29, 1.82) is 0 Å². The third kappa shape index (κ3) is 4.36. The summed E-state index contributed by atoms with van der Waals surface area (Å²) >= 11 is 4.43. The van der Waals surface area contributed by atoms with Gasteiger partial charge in [-0.1, -0.05) is 42.4 Å². The average Bonchev–Trinajstić information content (AvgIpc) is 3.67. The minimum atomic E-state index is -0.0934. The summed E-state index contributed by atoms with van der Waals surface area (Å²) in [5.41, 5.74) is 1.59. The Morgan fingerprint density at radius 1 is 1.17 bits per heavy atom. The normalized spacial score (nSPS) is 22.0. The number of carbonyl (C=O) groups is 1. The fraction of sp³-hybridized carbons (Fsp3) is 0.370. The highest BCUT2D eigenvalue weighted by molar-refractivity contribution is 7.99. The van der Waals surface area contributed by atoms with E-state index in [0.29, 0.717) is 21.3 Å². The molecule has 2 fully saturated rings. The fourth-order valence-electron chi connectivity index (χ4n) is 5.93. The zero-order valence-corrected chi connectivity index (χ0v) is 21.9. The second kappa shape index (κ2) is 9.56. The first-order chi connectivity index (χ1) is 17.1. The van der Waals surface area contributed by atoms with Gasteiger partial charge in [0.1, 0.15) is 4.83 Å². The summed E-state index contributed by atoms with van der Waals surface area (Å²) in [7, 11) is 0. The van der Waals surface area contributed by atoms with Crippen LogP contribution < -0.4 is 10.9 Å². The van der Waals surface area contributed by atoms with Crippen molar-refractivity contribution in [3.63, 3.8) is 0 Å². The number of rotatable bonds is 7. The van der Waals surface area contributed by atoms with Gasteiger partial charge in [0.25, 0.3) is 5.56 Å². The second-order valence-corrected chi connectivity index (χ2v) is 12.4. The molecule has 0 radical (unpaired) electrons. The number of nitrogens with one attached hydrogen (secondary N) is 1. The Balaban J connectivity index is 1.28. The number of para-hydroxylation sites is 1. The molecule has 35 heavy (non-hydrogen) atoms. The van der Waals surface area contributed by atoms with Crippen molar-refractivity contribution in [2.45, 2.75) is 43.8 Å². The van der Waals surface area contributed by atoms with Crippen molar-refractivity contribution < 1.29 is 4.79 Å². The number of amides is 1. The van der Waals surface area contributed by atoms with E-state index in [2.05, 4.69) is 12.2 Å². The molecule has 3 heterocycles. The maximum Gasteiger partial charge on any atom is 0.268 e. The van der Waals surface area contributed by atoms with Gasteiger partial charge in [0, 0.05) is 21.9 Å². The van der Waals surface area contributed by atoms with Crippen LogP contribution in [-0.4, -0.2) is 27.3 Å². The van der Waals surface area contributed by atoms with Crippen molar-refractivity contribution in [3.8, 4) is 16.1 Å². The van der Waals surface area contributed by atoms with E-state index in [1.807, 2.05) is 53.2 Å². The van der Waals surface area contributed by atoms with Crippen molar-refractivity contribution in [1.82, 2.24) is 14.9 Å². The molecule has 1 aromatic carbocycles. The van der Waals surface area contributed by atoms with Gasteiger partial charge in [0.2, 0.25) is 5.91 Å². The minimum absolute atomic E-state index is 0.00434. The molecule has 8 heteroatoms. The van der Waals surface area contributed by atoms with Crippen molar-refractivity contribution in [2.75, 3.05) is 5.75 Å². The molecule has 4 atom stereocenters. The number of hydrogen-bond donors (Lipinski definition) is 1. The molecule has 1 amide bonds. The van der Waals surface area contributed by atoms with Crippen LogP contribution in [0.1, 0.15) is 32.6 Å². The predicted octanol–water partition coefficient (Wildman–Crippen LogP) is 6.21. The van der Waals surface area contributed by atoms with E-state index in [-0.39, 0.29) is 23.3 Å². The number of thiophene rings is 2. The van der Waals surface area contributed by atoms with Crippen molar-refractivity contribution in [3.05, 3.63) is 63.6 Å². The lowest BCUT2D eigenvalue weighted by Crippen LogP contribution is -2.41. The maximum atomic E-state index is 13.8. The van der Waals surface area contributed by atoms with Gasteiger partial charge in [0.15, 0.2) is 5.16 Å². The Kier molecular flexibility index (Phi) is 6.28. The molecule has 4 aromatic rings. The molecular formula is C27H27N3O2S3. The Morgan fingerprint density at radius 2 is 2.03 bits per heavy atom. The van der Waals surface area contributed by atoms with E-state index in [1.165, 1.54) is 48.8 Å². The molecule has 6 rings (SSSR count). The summed E-state index contributed by atoms with van der Waals surface area (Å²) in [6.45, 7) is 2.15. The van der Waals surface area contributed by atoms with Crippen LogP contribution >= 0.6 is 34.4 Å². The zero-order chi connectivity index (χ0) is 23.9. The lowest BCUT2D eigenvalue weighted by molar-refractivity contribution is -0.119. The summed E-state index contributed by atoms with van der Waals surface area (Å²) in [5, 5.41) is 8.46. The van der Waals surface area contributed by atoms with Crippen LogP contribution in [0, 0.1) is 17.8 Å². The number of fused-ring (bicyclic) bond motifs is 3. The molecule has 1 N–H and O–H groups in total. The summed E-state index contributed by atoms with van der Waals surface area (Å²) in [6, 6.07) is 13.8. The molecule has 0 spiro atoms. The van der Waals surface area contributed by atoms with Crippen LogP contribution in [0.2, 0.25) is 0 Å². The van der Waals surface area contributed by atoms with E-state index < -0.39 is 0 Å². The number of carbonyl (C=O) groups excluding carboxylic acids is 1. The molecule has 5 nitrogen and oxygen atoms in total. The number of thioether (sulfide) groups is 1. The number of benzene rings is 1. The molecule has 2 aliphatic rings. The van der Waals surface area contributed by atoms with E-state index in [9.17, 15) is 9.59 Å². The van der Waals surface area contributed by atoms with Crippen molar-refractivity contribution >= 4 is 50.6 Å². The summed E-state index contributed by atoms with van der Waals surface area (Å²) in [5.74, 6) is 2.47. The molecule has 0 saturated heterocycles. The minimum Gasteiger partial charge on any atom is -0.353 e. The average molecular weight is 522 g/mol. The standard InChI is InChI=1S/C27H27N3O2S3/c1-16(20-13-17-9-10-18(20)12-17)28-23(31)15-35-27-29-25-24(21(14-34-25)22-8-5-11-33-22)26(32)30(27)19-6-3-2-4-7-19/h2-8,11,14,16-18,20H,9-10,12-13,15H2,1H3,(H,28,31). The summed E-state index contributed by atoms with van der Waals surface area (Å²) in [4.78, 5) is 33.4. The number of hydrogen-bond acceptors (Lipinski definition) is 6. The van der Waals surface area contributed by atoms with Crippen molar-refractivity contribution in [2.24, 2.45) is 17.8 Å². The SMILES string of the molecule is CC(NC(=O)CSc1nc2scc(-c3cccs3)c2c(=O)n1-c1ccccc1)C1CC2CCC1C2.